The van der Waals surface area contributed by atoms with Gasteiger partial charge in [0, 0.05) is 31.7 Å². The maximum atomic E-state index is 14.5. The Kier molecular flexibility index (Phi) is 5.51. The van der Waals surface area contributed by atoms with Crippen LogP contribution in [0.1, 0.15) is 18.4 Å². The Morgan fingerprint density at radius 1 is 1.27 bits per heavy atom. The Labute approximate surface area is 152 Å². The van der Waals surface area contributed by atoms with Crippen molar-refractivity contribution >= 4 is 11.9 Å². The molecule has 1 saturated heterocycles. The van der Waals surface area contributed by atoms with Crippen LogP contribution in [0.4, 0.5) is 9.18 Å². The Morgan fingerprint density at radius 3 is 2.69 bits per heavy atom. The fraction of sp³-hybridized carbons (Fsp3) is 0.300. The van der Waals surface area contributed by atoms with E-state index in [4.69, 9.17) is 0 Å². The van der Waals surface area contributed by atoms with Crippen molar-refractivity contribution in [3.63, 3.8) is 0 Å². The predicted molar refractivity (Wildman–Crippen MR) is 98.2 cm³/mol. The first-order valence-corrected chi connectivity index (χ1v) is 8.71. The highest BCUT2D eigenvalue weighted by atomic mass is 19.1. The van der Waals surface area contributed by atoms with E-state index in [1.807, 2.05) is 30.3 Å². The minimum atomic E-state index is -0.471. The standard InChI is InChI=1S/C20H22FN3O2/c1-14(19(25)22-9-11-24-12-10-23-20(24)26)16-7-8-17(18(21)13-16)15-5-3-2-4-6-15/h2-8,13-14H,9-12H2,1H3,(H,22,25)(H,23,26)/t14-/m0/s1. The van der Waals surface area contributed by atoms with Crippen LogP contribution in [0, 0.1) is 5.82 Å². The number of rotatable bonds is 6. The van der Waals surface area contributed by atoms with Crippen molar-refractivity contribution in [3.05, 3.63) is 59.9 Å². The molecule has 0 saturated carbocycles. The van der Waals surface area contributed by atoms with Gasteiger partial charge in [-0.2, -0.15) is 0 Å². The molecule has 136 valence electrons. The van der Waals surface area contributed by atoms with Gasteiger partial charge in [0.2, 0.25) is 5.91 Å². The van der Waals surface area contributed by atoms with Gasteiger partial charge in [0.25, 0.3) is 0 Å². The van der Waals surface area contributed by atoms with Gasteiger partial charge in [-0.15, -0.1) is 0 Å². The number of carbonyl (C=O) groups excluding carboxylic acids is 2. The molecule has 26 heavy (non-hydrogen) atoms. The fourth-order valence-corrected chi connectivity index (χ4v) is 3.00. The zero-order valence-corrected chi connectivity index (χ0v) is 14.7. The van der Waals surface area contributed by atoms with Crippen molar-refractivity contribution < 1.29 is 14.0 Å². The largest absolute Gasteiger partial charge is 0.354 e. The van der Waals surface area contributed by atoms with Crippen molar-refractivity contribution in [2.75, 3.05) is 26.2 Å². The molecule has 3 amide bonds. The van der Waals surface area contributed by atoms with Gasteiger partial charge in [-0.05, 0) is 24.1 Å². The van der Waals surface area contributed by atoms with Crippen LogP contribution in [0.5, 0.6) is 0 Å². The van der Waals surface area contributed by atoms with Gasteiger partial charge in [-0.3, -0.25) is 4.79 Å². The Balaban J connectivity index is 1.60. The quantitative estimate of drug-likeness (QED) is 0.837. The molecule has 1 atom stereocenters. The molecule has 0 aliphatic carbocycles. The molecule has 5 nitrogen and oxygen atoms in total. The van der Waals surface area contributed by atoms with Gasteiger partial charge >= 0.3 is 6.03 Å². The van der Waals surface area contributed by atoms with Crippen LogP contribution in [-0.4, -0.2) is 43.0 Å². The van der Waals surface area contributed by atoms with Crippen LogP contribution in [-0.2, 0) is 4.79 Å². The number of nitrogens with one attached hydrogen (secondary N) is 2. The molecule has 0 aromatic heterocycles. The van der Waals surface area contributed by atoms with Gasteiger partial charge in [-0.1, -0.05) is 42.5 Å². The third kappa shape index (κ3) is 4.02. The van der Waals surface area contributed by atoms with Gasteiger partial charge in [0.15, 0.2) is 0 Å². The molecule has 3 rings (SSSR count). The lowest BCUT2D eigenvalue weighted by Gasteiger charge is -2.17. The summed E-state index contributed by atoms with van der Waals surface area (Å²) in [7, 11) is 0. The maximum absolute atomic E-state index is 14.5. The highest BCUT2D eigenvalue weighted by molar-refractivity contribution is 5.83. The van der Waals surface area contributed by atoms with Crippen molar-refractivity contribution in [1.82, 2.24) is 15.5 Å². The number of hydrogen-bond donors (Lipinski definition) is 2. The smallest absolute Gasteiger partial charge is 0.317 e. The second-order valence-electron chi connectivity index (χ2n) is 6.34. The van der Waals surface area contributed by atoms with E-state index in [1.54, 1.807) is 24.0 Å². The third-order valence-electron chi connectivity index (χ3n) is 4.60. The van der Waals surface area contributed by atoms with Crippen LogP contribution >= 0.6 is 0 Å². The topological polar surface area (TPSA) is 61.4 Å². The maximum Gasteiger partial charge on any atom is 0.317 e. The first kappa shape index (κ1) is 17.9. The average Bonchev–Trinajstić information content (AvgIpc) is 3.06. The van der Waals surface area contributed by atoms with Crippen LogP contribution < -0.4 is 10.6 Å². The van der Waals surface area contributed by atoms with Gasteiger partial charge < -0.3 is 15.5 Å². The summed E-state index contributed by atoms with van der Waals surface area (Å²) in [6.45, 7) is 3.87. The summed E-state index contributed by atoms with van der Waals surface area (Å²) in [4.78, 5) is 25.4. The lowest BCUT2D eigenvalue weighted by molar-refractivity contribution is -0.122. The van der Waals surface area contributed by atoms with Crippen molar-refractivity contribution in [2.24, 2.45) is 0 Å². The van der Waals surface area contributed by atoms with Gasteiger partial charge in [0.1, 0.15) is 5.82 Å². The van der Waals surface area contributed by atoms with Gasteiger partial charge in [-0.25, -0.2) is 9.18 Å². The molecule has 1 aliphatic rings. The number of nitrogens with zero attached hydrogens (tertiary/aromatic N) is 1. The van der Waals surface area contributed by atoms with Crippen molar-refractivity contribution in [1.29, 1.82) is 0 Å². The first-order chi connectivity index (χ1) is 12.6. The van der Waals surface area contributed by atoms with Crippen LogP contribution in [0.3, 0.4) is 0 Å². The number of amides is 3. The molecule has 0 unspecified atom stereocenters. The highest BCUT2D eigenvalue weighted by Crippen LogP contribution is 2.26. The van der Waals surface area contributed by atoms with E-state index < -0.39 is 5.92 Å². The summed E-state index contributed by atoms with van der Waals surface area (Å²) in [6.07, 6.45) is 0. The third-order valence-corrected chi connectivity index (χ3v) is 4.60. The molecular formula is C20H22FN3O2. The fourth-order valence-electron chi connectivity index (χ4n) is 3.00. The van der Waals surface area contributed by atoms with Crippen LogP contribution in [0.25, 0.3) is 11.1 Å². The number of hydrogen-bond acceptors (Lipinski definition) is 2. The Hall–Kier alpha value is -2.89. The molecule has 0 spiro atoms. The summed E-state index contributed by atoms with van der Waals surface area (Å²) in [6, 6.07) is 14.1. The molecule has 6 heteroatoms. The lowest BCUT2D eigenvalue weighted by atomic mass is 9.96. The van der Waals surface area contributed by atoms with Crippen LogP contribution in [0.2, 0.25) is 0 Å². The molecule has 2 aromatic carbocycles. The zero-order valence-electron chi connectivity index (χ0n) is 14.7. The predicted octanol–water partition coefficient (Wildman–Crippen LogP) is 2.74. The van der Waals surface area contributed by atoms with Crippen molar-refractivity contribution in [2.45, 2.75) is 12.8 Å². The SMILES string of the molecule is C[C@H](C(=O)NCCN1CCNC1=O)c1ccc(-c2ccccc2)c(F)c1. The highest BCUT2D eigenvalue weighted by Gasteiger charge is 2.20. The molecule has 1 fully saturated rings. The zero-order chi connectivity index (χ0) is 18.5. The van der Waals surface area contributed by atoms with E-state index in [0.717, 1.165) is 5.56 Å². The van der Waals surface area contributed by atoms with E-state index in [9.17, 15) is 14.0 Å². The van der Waals surface area contributed by atoms with Gasteiger partial charge in [0.05, 0.1) is 5.92 Å². The molecular weight excluding hydrogens is 333 g/mol. The molecule has 2 N–H and O–H groups in total. The Morgan fingerprint density at radius 2 is 2.04 bits per heavy atom. The van der Waals surface area contributed by atoms with Crippen molar-refractivity contribution in [3.8, 4) is 11.1 Å². The minimum absolute atomic E-state index is 0.106. The van der Waals surface area contributed by atoms with E-state index in [1.165, 1.54) is 6.07 Å². The number of carbonyl (C=O) groups is 2. The first-order valence-electron chi connectivity index (χ1n) is 8.71. The minimum Gasteiger partial charge on any atom is -0.354 e. The monoisotopic (exact) mass is 355 g/mol. The molecule has 0 radical (unpaired) electrons. The van der Waals surface area contributed by atoms with E-state index >= 15 is 0 Å². The molecule has 1 aliphatic heterocycles. The average molecular weight is 355 g/mol. The lowest BCUT2D eigenvalue weighted by Crippen LogP contribution is -2.38. The second kappa shape index (κ2) is 7.99. The van der Waals surface area contributed by atoms with E-state index in [-0.39, 0.29) is 17.8 Å². The normalized spacial score (nSPS) is 14.8. The second-order valence-corrected chi connectivity index (χ2v) is 6.34. The number of benzene rings is 2. The summed E-state index contributed by atoms with van der Waals surface area (Å²) in [5, 5.41) is 5.52. The van der Waals surface area contributed by atoms with E-state index in [2.05, 4.69) is 10.6 Å². The Bertz CT molecular complexity index is 795. The number of halogens is 1. The molecule has 2 aromatic rings. The molecule has 0 bridgehead atoms. The summed E-state index contributed by atoms with van der Waals surface area (Å²) in [5.41, 5.74) is 1.94. The summed E-state index contributed by atoms with van der Waals surface area (Å²) >= 11 is 0. The van der Waals surface area contributed by atoms with Crippen LogP contribution in [0.15, 0.2) is 48.5 Å². The number of urea groups is 1. The summed E-state index contributed by atoms with van der Waals surface area (Å²) < 4.78 is 14.5. The summed E-state index contributed by atoms with van der Waals surface area (Å²) in [5.74, 6) is -1.000. The molecule has 1 heterocycles. The van der Waals surface area contributed by atoms with E-state index in [0.29, 0.717) is 37.3 Å².